The molecule has 0 bridgehead atoms. The number of carboxylic acids is 1. The molecule has 0 aromatic heterocycles. The van der Waals surface area contributed by atoms with Crippen molar-refractivity contribution in [1.82, 2.24) is 0 Å². The van der Waals surface area contributed by atoms with Gasteiger partial charge in [-0.15, -0.1) is 0 Å². The van der Waals surface area contributed by atoms with Crippen molar-refractivity contribution in [2.24, 2.45) is 11.3 Å². The van der Waals surface area contributed by atoms with Gasteiger partial charge in [0.15, 0.2) is 0 Å². The molecule has 5 heteroatoms. The topological polar surface area (TPSA) is 81.4 Å². The molecule has 2 aromatic rings. The van der Waals surface area contributed by atoms with Gasteiger partial charge in [0.25, 0.3) is 0 Å². The summed E-state index contributed by atoms with van der Waals surface area (Å²) in [5.41, 5.74) is 2.86. The Labute approximate surface area is 180 Å². The molecule has 5 rings (SSSR count). The van der Waals surface area contributed by atoms with E-state index in [1.807, 2.05) is 41.3 Å². The number of carbonyl (C=O) groups is 2. The lowest BCUT2D eigenvalue weighted by molar-refractivity contribution is -0.121. The summed E-state index contributed by atoms with van der Waals surface area (Å²) in [6.45, 7) is 2.52. The Balaban J connectivity index is 1.50. The largest absolute Gasteiger partial charge is 0.478 e. The molecule has 1 spiro atoms. The van der Waals surface area contributed by atoms with Crippen molar-refractivity contribution >= 4 is 17.6 Å². The first-order valence-electron chi connectivity index (χ1n) is 10.4. The highest BCUT2D eigenvalue weighted by Crippen LogP contribution is 2.73. The Morgan fingerprint density at radius 1 is 1.26 bits per heavy atom. The molecule has 1 amide bonds. The highest BCUT2D eigenvalue weighted by atomic mass is 16.4. The van der Waals surface area contributed by atoms with Crippen LogP contribution < -0.4 is 4.90 Å². The zero-order chi connectivity index (χ0) is 21.8. The smallest absolute Gasteiger partial charge is 0.335 e. The number of para-hydroxylation sites is 1. The number of rotatable bonds is 4. The molecule has 0 saturated heterocycles. The first-order chi connectivity index (χ1) is 14.9. The molecule has 5 nitrogen and oxygen atoms in total. The van der Waals surface area contributed by atoms with Crippen LogP contribution in [0.1, 0.15) is 41.3 Å². The van der Waals surface area contributed by atoms with E-state index in [1.54, 1.807) is 18.2 Å². The minimum Gasteiger partial charge on any atom is -0.478 e. The molecule has 2 aromatic carbocycles. The summed E-state index contributed by atoms with van der Waals surface area (Å²) in [5.74, 6) is -0.701. The number of allylic oxidation sites excluding steroid dienone is 4. The van der Waals surface area contributed by atoms with Crippen molar-refractivity contribution in [3.63, 3.8) is 0 Å². The predicted octanol–water partition coefficient (Wildman–Crippen LogP) is 4.61. The van der Waals surface area contributed by atoms with Crippen molar-refractivity contribution in [2.75, 3.05) is 4.90 Å². The van der Waals surface area contributed by atoms with Crippen molar-refractivity contribution in [1.29, 1.82) is 5.26 Å². The Morgan fingerprint density at radius 3 is 2.77 bits per heavy atom. The third-order valence-corrected chi connectivity index (χ3v) is 7.31. The van der Waals surface area contributed by atoms with Crippen LogP contribution in [0.3, 0.4) is 0 Å². The van der Waals surface area contributed by atoms with Crippen LogP contribution in [0.15, 0.2) is 72.3 Å². The third kappa shape index (κ3) is 2.68. The maximum Gasteiger partial charge on any atom is 0.335 e. The van der Waals surface area contributed by atoms with Crippen LogP contribution in [0.2, 0.25) is 0 Å². The molecule has 31 heavy (non-hydrogen) atoms. The van der Waals surface area contributed by atoms with Gasteiger partial charge in [-0.1, -0.05) is 49.4 Å². The minimum atomic E-state index is -0.977. The van der Waals surface area contributed by atoms with Crippen LogP contribution in [-0.4, -0.2) is 17.0 Å². The highest BCUT2D eigenvalue weighted by Gasteiger charge is 2.75. The van der Waals surface area contributed by atoms with Gasteiger partial charge in [0.1, 0.15) is 0 Å². The number of aromatic carboxylic acids is 1. The monoisotopic (exact) mass is 410 g/mol. The number of carboxylic acid groups (broad SMARTS) is 1. The summed E-state index contributed by atoms with van der Waals surface area (Å²) in [6, 6.07) is 16.9. The second kappa shape index (κ2) is 6.68. The molecule has 1 heterocycles. The number of amides is 1. The van der Waals surface area contributed by atoms with Gasteiger partial charge in [-0.3, -0.25) is 4.79 Å². The standard InChI is InChI=1S/C26H22N2O3/c1-25(20-11-9-17(14-27)10-12-20)16-26(25)21-7-2-3-8-22(21)28(24(26)31)15-18-5-4-6-19(13-18)23(29)30/h2-11,13,20H,12,15-16H2,1H3,(H,29,30)/t20?,25-,26+/m0/s1. The summed E-state index contributed by atoms with van der Waals surface area (Å²) in [7, 11) is 0. The van der Waals surface area contributed by atoms with Crippen LogP contribution in [0.5, 0.6) is 0 Å². The van der Waals surface area contributed by atoms with Crippen LogP contribution >= 0.6 is 0 Å². The molecule has 2 aliphatic carbocycles. The third-order valence-electron chi connectivity index (χ3n) is 7.31. The minimum absolute atomic E-state index is 0.0837. The average Bonchev–Trinajstić information content (AvgIpc) is 3.38. The summed E-state index contributed by atoms with van der Waals surface area (Å²) in [5, 5.41) is 18.4. The molecule has 1 aliphatic heterocycles. The molecule has 1 N–H and O–H groups in total. The number of hydrogen-bond acceptors (Lipinski definition) is 3. The van der Waals surface area contributed by atoms with E-state index in [4.69, 9.17) is 5.26 Å². The maximum absolute atomic E-state index is 13.9. The fourth-order valence-electron chi connectivity index (χ4n) is 5.52. The molecule has 3 atom stereocenters. The van der Waals surface area contributed by atoms with E-state index in [0.29, 0.717) is 12.1 Å². The molecule has 1 saturated carbocycles. The van der Waals surface area contributed by atoms with E-state index in [1.165, 1.54) is 0 Å². The van der Waals surface area contributed by atoms with Crippen LogP contribution in [0.4, 0.5) is 5.69 Å². The Kier molecular flexibility index (Phi) is 4.16. The van der Waals surface area contributed by atoms with Gasteiger partial charge in [0, 0.05) is 11.3 Å². The number of nitrogens with zero attached hydrogens (tertiary/aromatic N) is 2. The summed E-state index contributed by atoms with van der Waals surface area (Å²) in [6.07, 6.45) is 7.44. The second-order valence-corrected chi connectivity index (χ2v) is 8.89. The Hall–Kier alpha value is -3.65. The number of fused-ring (bicyclic) bond motifs is 2. The Bertz CT molecular complexity index is 1220. The lowest BCUT2D eigenvalue weighted by atomic mass is 9.76. The van der Waals surface area contributed by atoms with Gasteiger partial charge in [0.2, 0.25) is 5.91 Å². The second-order valence-electron chi connectivity index (χ2n) is 8.89. The summed E-state index contributed by atoms with van der Waals surface area (Å²) >= 11 is 0. The quantitative estimate of drug-likeness (QED) is 0.798. The molecular weight excluding hydrogens is 388 g/mol. The predicted molar refractivity (Wildman–Crippen MR) is 116 cm³/mol. The SMILES string of the molecule is C[C@@]1(C2C=CC(C#N)=CC2)C[C@@]12C(=O)N(Cc1cccc(C(=O)O)c1)c1ccccc12. The molecule has 1 unspecified atom stereocenters. The Morgan fingerprint density at radius 2 is 2.06 bits per heavy atom. The van der Waals surface area contributed by atoms with Crippen molar-refractivity contribution in [3.05, 3.63) is 89.0 Å². The zero-order valence-corrected chi connectivity index (χ0v) is 17.2. The van der Waals surface area contributed by atoms with E-state index < -0.39 is 11.4 Å². The van der Waals surface area contributed by atoms with E-state index in [-0.39, 0.29) is 22.8 Å². The lowest BCUT2D eigenvalue weighted by Crippen LogP contribution is -2.36. The molecular formula is C26H22N2O3. The number of anilines is 1. The lowest BCUT2D eigenvalue weighted by Gasteiger charge is -2.27. The number of benzene rings is 2. The van der Waals surface area contributed by atoms with Crippen molar-refractivity contribution in [3.8, 4) is 6.07 Å². The van der Waals surface area contributed by atoms with Gasteiger partial charge in [-0.2, -0.15) is 5.26 Å². The van der Waals surface area contributed by atoms with E-state index in [2.05, 4.69) is 25.1 Å². The normalized spacial score (nSPS) is 28.3. The number of hydrogen-bond donors (Lipinski definition) is 1. The average molecular weight is 410 g/mol. The fraction of sp³-hybridized carbons (Fsp3) is 0.269. The van der Waals surface area contributed by atoms with Gasteiger partial charge < -0.3 is 10.0 Å². The highest BCUT2D eigenvalue weighted by molar-refractivity contribution is 6.11. The first-order valence-corrected chi connectivity index (χ1v) is 10.4. The fourth-order valence-corrected chi connectivity index (χ4v) is 5.52. The molecule has 1 fully saturated rings. The van der Waals surface area contributed by atoms with Gasteiger partial charge >= 0.3 is 5.97 Å². The van der Waals surface area contributed by atoms with E-state index >= 15 is 0 Å². The van der Waals surface area contributed by atoms with Crippen LogP contribution in [0, 0.1) is 22.7 Å². The molecule has 154 valence electrons. The van der Waals surface area contributed by atoms with Crippen LogP contribution in [-0.2, 0) is 16.8 Å². The number of nitriles is 1. The first kappa shape index (κ1) is 19.3. The van der Waals surface area contributed by atoms with Crippen molar-refractivity contribution < 1.29 is 14.7 Å². The number of carbonyl (C=O) groups excluding carboxylic acids is 1. The van der Waals surface area contributed by atoms with E-state index in [9.17, 15) is 14.7 Å². The zero-order valence-electron chi connectivity index (χ0n) is 17.2. The van der Waals surface area contributed by atoms with Crippen molar-refractivity contribution in [2.45, 2.75) is 31.7 Å². The van der Waals surface area contributed by atoms with Gasteiger partial charge in [-0.05, 0) is 59.6 Å². The maximum atomic E-state index is 13.9. The van der Waals surface area contributed by atoms with E-state index in [0.717, 1.165) is 29.7 Å². The summed E-state index contributed by atoms with van der Waals surface area (Å²) in [4.78, 5) is 27.0. The van der Waals surface area contributed by atoms with Gasteiger partial charge in [0.05, 0.1) is 23.6 Å². The summed E-state index contributed by atoms with van der Waals surface area (Å²) < 4.78 is 0. The molecule has 0 radical (unpaired) electrons. The molecule has 3 aliphatic rings. The van der Waals surface area contributed by atoms with Gasteiger partial charge in [-0.25, -0.2) is 4.79 Å². The van der Waals surface area contributed by atoms with Crippen LogP contribution in [0.25, 0.3) is 0 Å².